The zero-order chi connectivity index (χ0) is 13.8. The van der Waals surface area contributed by atoms with E-state index in [4.69, 9.17) is 4.74 Å². The molecule has 112 valence electrons. The number of ether oxygens (including phenoxy) is 1. The summed E-state index contributed by atoms with van der Waals surface area (Å²) in [5.41, 5.74) is 0. The van der Waals surface area contributed by atoms with Gasteiger partial charge in [-0.25, -0.2) is 0 Å². The average molecular weight is 268 g/mol. The van der Waals surface area contributed by atoms with Crippen molar-refractivity contribution >= 4 is 0 Å². The van der Waals surface area contributed by atoms with E-state index in [1.54, 1.807) is 0 Å². The van der Waals surface area contributed by atoms with Gasteiger partial charge in [-0.2, -0.15) is 0 Å². The molecule has 2 rings (SSSR count). The van der Waals surface area contributed by atoms with Crippen molar-refractivity contribution in [3.8, 4) is 0 Å². The molecule has 2 aliphatic rings. The predicted molar refractivity (Wildman–Crippen MR) is 80.5 cm³/mol. The first-order valence-electron chi connectivity index (χ1n) is 8.16. The number of hydrogen-bond donors (Lipinski definition) is 0. The molecule has 0 unspecified atom stereocenters. The molecule has 1 atom stereocenters. The number of nitrogens with zero attached hydrogens (tertiary/aromatic N) is 2. The van der Waals surface area contributed by atoms with Crippen molar-refractivity contribution in [1.82, 2.24) is 9.80 Å². The van der Waals surface area contributed by atoms with Crippen LogP contribution in [0, 0.1) is 5.92 Å². The SMILES string of the molecule is CC(C)O[C@H]1CCN(CC2CCN(C(C)C)CC2)C1. The molecule has 0 radical (unpaired) electrons. The highest BCUT2D eigenvalue weighted by Crippen LogP contribution is 2.22. The van der Waals surface area contributed by atoms with Gasteiger partial charge in [-0.15, -0.1) is 0 Å². The van der Waals surface area contributed by atoms with Crippen LogP contribution >= 0.6 is 0 Å². The molecule has 2 saturated heterocycles. The van der Waals surface area contributed by atoms with Crippen LogP contribution in [0.1, 0.15) is 47.0 Å². The van der Waals surface area contributed by atoms with Gasteiger partial charge in [0.05, 0.1) is 12.2 Å². The van der Waals surface area contributed by atoms with Gasteiger partial charge in [0, 0.05) is 25.7 Å². The largest absolute Gasteiger partial charge is 0.374 e. The van der Waals surface area contributed by atoms with E-state index in [0.717, 1.165) is 18.5 Å². The molecule has 0 aromatic rings. The third-order valence-electron chi connectivity index (χ3n) is 4.59. The lowest BCUT2D eigenvalue weighted by molar-refractivity contribution is 0.0125. The van der Waals surface area contributed by atoms with Gasteiger partial charge in [-0.3, -0.25) is 0 Å². The smallest absolute Gasteiger partial charge is 0.0717 e. The highest BCUT2D eigenvalue weighted by molar-refractivity contribution is 4.81. The van der Waals surface area contributed by atoms with Gasteiger partial charge in [0.25, 0.3) is 0 Å². The fourth-order valence-corrected chi connectivity index (χ4v) is 3.48. The van der Waals surface area contributed by atoms with E-state index in [0.29, 0.717) is 12.2 Å². The number of hydrogen-bond acceptors (Lipinski definition) is 3. The maximum absolute atomic E-state index is 5.93. The van der Waals surface area contributed by atoms with Crippen molar-refractivity contribution in [2.45, 2.75) is 65.2 Å². The molecule has 0 N–H and O–H groups in total. The monoisotopic (exact) mass is 268 g/mol. The molecule has 2 fully saturated rings. The van der Waals surface area contributed by atoms with Gasteiger partial charge in [0.15, 0.2) is 0 Å². The summed E-state index contributed by atoms with van der Waals surface area (Å²) in [6, 6.07) is 0.719. The summed E-state index contributed by atoms with van der Waals surface area (Å²) in [5, 5.41) is 0. The van der Waals surface area contributed by atoms with Crippen LogP contribution in [0.2, 0.25) is 0 Å². The van der Waals surface area contributed by atoms with Crippen LogP contribution < -0.4 is 0 Å². The minimum absolute atomic E-state index is 0.374. The van der Waals surface area contributed by atoms with Gasteiger partial charge in [0.2, 0.25) is 0 Å². The van der Waals surface area contributed by atoms with Crippen LogP contribution in [0.4, 0.5) is 0 Å². The Morgan fingerprint density at radius 2 is 1.68 bits per heavy atom. The first-order chi connectivity index (χ1) is 9.04. The zero-order valence-corrected chi connectivity index (χ0v) is 13.3. The van der Waals surface area contributed by atoms with Crippen molar-refractivity contribution < 1.29 is 4.74 Å². The zero-order valence-electron chi connectivity index (χ0n) is 13.3. The topological polar surface area (TPSA) is 15.7 Å². The van der Waals surface area contributed by atoms with Gasteiger partial charge >= 0.3 is 0 Å². The Morgan fingerprint density at radius 1 is 1.00 bits per heavy atom. The molecule has 0 bridgehead atoms. The van der Waals surface area contributed by atoms with Crippen LogP contribution in [0.3, 0.4) is 0 Å². The normalized spacial score (nSPS) is 27.8. The van der Waals surface area contributed by atoms with E-state index in [-0.39, 0.29) is 0 Å². The molecule has 0 aromatic carbocycles. The van der Waals surface area contributed by atoms with Crippen LogP contribution in [0.15, 0.2) is 0 Å². The summed E-state index contributed by atoms with van der Waals surface area (Å²) in [4.78, 5) is 5.24. The fourth-order valence-electron chi connectivity index (χ4n) is 3.48. The van der Waals surface area contributed by atoms with Gasteiger partial charge in [-0.1, -0.05) is 0 Å². The van der Waals surface area contributed by atoms with Crippen molar-refractivity contribution in [1.29, 1.82) is 0 Å². The molecule has 3 heteroatoms. The summed E-state index contributed by atoms with van der Waals surface area (Å²) in [5.74, 6) is 0.910. The predicted octanol–water partition coefficient (Wildman–Crippen LogP) is 2.61. The molecule has 2 aliphatic heterocycles. The highest BCUT2D eigenvalue weighted by Gasteiger charge is 2.27. The molecule has 2 heterocycles. The number of rotatable bonds is 5. The van der Waals surface area contributed by atoms with Crippen LogP contribution in [-0.2, 0) is 4.74 Å². The summed E-state index contributed by atoms with van der Waals surface area (Å²) >= 11 is 0. The van der Waals surface area contributed by atoms with Crippen LogP contribution in [0.25, 0.3) is 0 Å². The number of likely N-dealkylation sites (tertiary alicyclic amines) is 2. The second-order valence-electron chi connectivity index (χ2n) is 6.93. The Morgan fingerprint density at radius 3 is 2.26 bits per heavy atom. The van der Waals surface area contributed by atoms with E-state index in [1.165, 1.54) is 45.4 Å². The molecule has 0 aromatic heterocycles. The summed E-state index contributed by atoms with van der Waals surface area (Å²) in [7, 11) is 0. The summed E-state index contributed by atoms with van der Waals surface area (Å²) < 4.78 is 5.93. The fraction of sp³-hybridized carbons (Fsp3) is 1.00. The lowest BCUT2D eigenvalue weighted by atomic mass is 9.95. The molecule has 19 heavy (non-hydrogen) atoms. The molecule has 0 aliphatic carbocycles. The standard InChI is InChI=1S/C16H32N2O/c1-13(2)18-9-5-15(6-10-18)11-17-8-7-16(12-17)19-14(3)4/h13-16H,5-12H2,1-4H3/t16-/m0/s1. The van der Waals surface area contributed by atoms with E-state index in [2.05, 4.69) is 37.5 Å². The quantitative estimate of drug-likeness (QED) is 0.762. The second kappa shape index (κ2) is 7.05. The maximum atomic E-state index is 5.93. The Kier molecular flexibility index (Phi) is 5.67. The Hall–Kier alpha value is -0.120. The first-order valence-corrected chi connectivity index (χ1v) is 8.16. The molecular weight excluding hydrogens is 236 g/mol. The Labute approximate surface area is 119 Å². The molecule has 3 nitrogen and oxygen atoms in total. The van der Waals surface area contributed by atoms with Crippen LogP contribution in [-0.4, -0.2) is 60.8 Å². The first kappa shape index (κ1) is 15.3. The van der Waals surface area contributed by atoms with E-state index in [9.17, 15) is 0 Å². The third-order valence-corrected chi connectivity index (χ3v) is 4.59. The lowest BCUT2D eigenvalue weighted by Gasteiger charge is -2.36. The van der Waals surface area contributed by atoms with Crippen molar-refractivity contribution in [3.63, 3.8) is 0 Å². The van der Waals surface area contributed by atoms with Gasteiger partial charge < -0.3 is 14.5 Å². The number of piperidine rings is 1. The van der Waals surface area contributed by atoms with E-state index in [1.807, 2.05) is 0 Å². The average Bonchev–Trinajstić information content (AvgIpc) is 2.76. The molecule has 0 spiro atoms. The van der Waals surface area contributed by atoms with E-state index < -0.39 is 0 Å². The summed E-state index contributed by atoms with van der Waals surface area (Å²) in [6.07, 6.45) is 4.84. The molecule has 0 amide bonds. The van der Waals surface area contributed by atoms with Gasteiger partial charge in [-0.05, 0) is 66.0 Å². The Balaban J connectivity index is 1.66. The second-order valence-corrected chi connectivity index (χ2v) is 6.93. The van der Waals surface area contributed by atoms with Crippen molar-refractivity contribution in [2.75, 3.05) is 32.7 Å². The molecular formula is C16H32N2O. The highest BCUT2D eigenvalue weighted by atomic mass is 16.5. The minimum atomic E-state index is 0.374. The third kappa shape index (κ3) is 4.73. The minimum Gasteiger partial charge on any atom is -0.374 e. The van der Waals surface area contributed by atoms with Gasteiger partial charge in [0.1, 0.15) is 0 Å². The Bertz CT molecular complexity index is 259. The maximum Gasteiger partial charge on any atom is 0.0717 e. The van der Waals surface area contributed by atoms with E-state index >= 15 is 0 Å². The lowest BCUT2D eigenvalue weighted by Crippen LogP contribution is -2.41. The van der Waals surface area contributed by atoms with Crippen molar-refractivity contribution in [2.24, 2.45) is 5.92 Å². The molecule has 0 saturated carbocycles. The van der Waals surface area contributed by atoms with Crippen LogP contribution in [0.5, 0.6) is 0 Å². The summed E-state index contributed by atoms with van der Waals surface area (Å²) in [6.45, 7) is 15.2. The van der Waals surface area contributed by atoms with Crippen molar-refractivity contribution in [3.05, 3.63) is 0 Å².